The van der Waals surface area contributed by atoms with Gasteiger partial charge in [-0.3, -0.25) is 4.98 Å². The number of rotatable bonds is 3. The van der Waals surface area contributed by atoms with Gasteiger partial charge in [0.05, 0.1) is 17.5 Å². The minimum atomic E-state index is 0.739. The number of aromatic nitrogens is 1. The van der Waals surface area contributed by atoms with Crippen LogP contribution in [-0.2, 0) is 5.75 Å². The number of benzene rings is 1. The van der Waals surface area contributed by atoms with Crippen LogP contribution in [-0.4, -0.2) is 4.98 Å². The summed E-state index contributed by atoms with van der Waals surface area (Å²) in [4.78, 5) is 5.52. The zero-order valence-electron chi connectivity index (χ0n) is 9.67. The number of nitrogens with two attached hydrogens (primary N) is 1. The third-order valence-corrected chi connectivity index (χ3v) is 3.77. The van der Waals surface area contributed by atoms with E-state index in [4.69, 9.17) is 10.2 Å². The molecule has 3 aromatic rings. The third kappa shape index (κ3) is 2.19. The first-order chi connectivity index (χ1) is 8.83. The second kappa shape index (κ2) is 4.74. The van der Waals surface area contributed by atoms with E-state index in [1.165, 1.54) is 4.90 Å². The number of anilines is 1. The first-order valence-electron chi connectivity index (χ1n) is 5.62. The summed E-state index contributed by atoms with van der Waals surface area (Å²) in [5.41, 5.74) is 7.43. The Morgan fingerprint density at radius 3 is 3.00 bits per heavy atom. The van der Waals surface area contributed by atoms with Gasteiger partial charge in [-0.2, -0.15) is 0 Å². The number of fused-ring (bicyclic) bond motifs is 1. The van der Waals surface area contributed by atoms with Crippen LogP contribution in [0.4, 0.5) is 5.69 Å². The molecule has 0 spiro atoms. The molecule has 2 N–H and O–H groups in total. The standard InChI is InChI=1S/C14H12N2OS/c15-10-3-4-12-13(8-10)16-6-5-14(12)18-9-11-2-1-7-17-11/h1-8H,9,15H2. The van der Waals surface area contributed by atoms with E-state index in [0.29, 0.717) is 0 Å². The van der Waals surface area contributed by atoms with Crippen molar-refractivity contribution in [3.8, 4) is 0 Å². The summed E-state index contributed by atoms with van der Waals surface area (Å²) >= 11 is 1.74. The molecule has 4 heteroatoms. The highest BCUT2D eigenvalue weighted by molar-refractivity contribution is 7.98. The molecule has 0 aliphatic heterocycles. The Morgan fingerprint density at radius 1 is 1.22 bits per heavy atom. The Labute approximate surface area is 109 Å². The molecule has 3 nitrogen and oxygen atoms in total. The molecule has 0 saturated carbocycles. The number of thioether (sulfide) groups is 1. The van der Waals surface area contributed by atoms with Crippen molar-refractivity contribution in [3.05, 3.63) is 54.6 Å². The monoisotopic (exact) mass is 256 g/mol. The molecule has 0 unspecified atom stereocenters. The maximum atomic E-state index is 5.76. The average molecular weight is 256 g/mol. The van der Waals surface area contributed by atoms with Gasteiger partial charge in [0.2, 0.25) is 0 Å². The Kier molecular flexibility index (Phi) is 2.94. The van der Waals surface area contributed by atoms with Crippen LogP contribution < -0.4 is 5.73 Å². The van der Waals surface area contributed by atoms with Crippen LogP contribution in [0.1, 0.15) is 5.76 Å². The largest absolute Gasteiger partial charge is 0.468 e. The first-order valence-corrected chi connectivity index (χ1v) is 6.61. The van der Waals surface area contributed by atoms with Crippen LogP contribution in [0.2, 0.25) is 0 Å². The lowest BCUT2D eigenvalue weighted by molar-refractivity contribution is 0.530. The molecule has 0 radical (unpaired) electrons. The van der Waals surface area contributed by atoms with Gasteiger partial charge in [0.15, 0.2) is 0 Å². The molecule has 90 valence electrons. The van der Waals surface area contributed by atoms with E-state index in [9.17, 15) is 0 Å². The predicted octanol–water partition coefficient (Wildman–Crippen LogP) is 3.70. The zero-order valence-corrected chi connectivity index (χ0v) is 10.5. The van der Waals surface area contributed by atoms with E-state index in [-0.39, 0.29) is 0 Å². The minimum absolute atomic E-state index is 0.739. The number of furan rings is 1. The molecule has 1 aromatic carbocycles. The zero-order chi connectivity index (χ0) is 12.4. The molecule has 0 aliphatic carbocycles. The molecule has 0 fully saturated rings. The van der Waals surface area contributed by atoms with Gasteiger partial charge in [-0.1, -0.05) is 0 Å². The highest BCUT2D eigenvalue weighted by Crippen LogP contribution is 2.30. The van der Waals surface area contributed by atoms with Crippen molar-refractivity contribution in [2.75, 3.05) is 5.73 Å². The van der Waals surface area contributed by atoms with E-state index >= 15 is 0 Å². The number of nitrogen functional groups attached to an aromatic ring is 1. The fraction of sp³-hybridized carbons (Fsp3) is 0.0714. The van der Waals surface area contributed by atoms with Gasteiger partial charge in [0.1, 0.15) is 5.76 Å². The van der Waals surface area contributed by atoms with Crippen LogP contribution >= 0.6 is 11.8 Å². The predicted molar refractivity (Wildman–Crippen MR) is 74.4 cm³/mol. The summed E-state index contributed by atoms with van der Waals surface area (Å²) in [6.07, 6.45) is 3.51. The molecule has 0 amide bonds. The third-order valence-electron chi connectivity index (χ3n) is 2.68. The van der Waals surface area contributed by atoms with Gasteiger partial charge in [-0.05, 0) is 36.4 Å². The van der Waals surface area contributed by atoms with Crippen molar-refractivity contribution in [1.82, 2.24) is 4.98 Å². The summed E-state index contributed by atoms with van der Waals surface area (Å²) in [5, 5.41) is 1.13. The summed E-state index contributed by atoms with van der Waals surface area (Å²) in [7, 11) is 0. The molecule has 0 bridgehead atoms. The van der Waals surface area contributed by atoms with Crippen molar-refractivity contribution in [1.29, 1.82) is 0 Å². The second-order valence-corrected chi connectivity index (χ2v) is 4.97. The van der Waals surface area contributed by atoms with E-state index in [0.717, 1.165) is 28.1 Å². The van der Waals surface area contributed by atoms with Gasteiger partial charge in [0, 0.05) is 22.2 Å². The summed E-state index contributed by atoms with van der Waals surface area (Å²) < 4.78 is 5.33. The van der Waals surface area contributed by atoms with Crippen molar-refractivity contribution in [2.45, 2.75) is 10.6 Å². The lowest BCUT2D eigenvalue weighted by atomic mass is 10.2. The Bertz CT molecular complexity index is 665. The summed E-state index contributed by atoms with van der Waals surface area (Å²) in [6, 6.07) is 11.7. The lowest BCUT2D eigenvalue weighted by Crippen LogP contribution is -1.87. The normalized spacial score (nSPS) is 10.9. The van der Waals surface area contributed by atoms with Gasteiger partial charge in [-0.25, -0.2) is 0 Å². The Balaban J connectivity index is 1.92. The molecule has 18 heavy (non-hydrogen) atoms. The second-order valence-electron chi connectivity index (χ2n) is 3.95. The molecular weight excluding hydrogens is 244 g/mol. The van der Waals surface area contributed by atoms with Crippen LogP contribution in [0, 0.1) is 0 Å². The first kappa shape index (κ1) is 11.2. The smallest absolute Gasteiger partial charge is 0.113 e. The highest BCUT2D eigenvalue weighted by atomic mass is 32.2. The lowest BCUT2D eigenvalue weighted by Gasteiger charge is -2.05. The number of pyridine rings is 1. The van der Waals surface area contributed by atoms with Crippen molar-refractivity contribution >= 4 is 28.4 Å². The topological polar surface area (TPSA) is 52.0 Å². The van der Waals surface area contributed by atoms with Gasteiger partial charge in [0.25, 0.3) is 0 Å². The number of hydrogen-bond donors (Lipinski definition) is 1. The molecule has 0 saturated heterocycles. The van der Waals surface area contributed by atoms with Crippen LogP contribution in [0.3, 0.4) is 0 Å². The molecule has 0 aliphatic rings. The Hall–Kier alpha value is -1.94. The summed E-state index contributed by atoms with van der Waals surface area (Å²) in [5.74, 6) is 1.79. The van der Waals surface area contributed by atoms with E-state index in [1.807, 2.05) is 42.6 Å². The minimum Gasteiger partial charge on any atom is -0.468 e. The fourth-order valence-electron chi connectivity index (χ4n) is 1.81. The van der Waals surface area contributed by atoms with E-state index in [1.54, 1.807) is 18.0 Å². The van der Waals surface area contributed by atoms with Crippen LogP contribution in [0.15, 0.2) is 58.2 Å². The maximum Gasteiger partial charge on any atom is 0.113 e. The van der Waals surface area contributed by atoms with Gasteiger partial charge in [-0.15, -0.1) is 11.8 Å². The van der Waals surface area contributed by atoms with Crippen molar-refractivity contribution < 1.29 is 4.42 Å². The molecular formula is C14H12N2OS. The fourth-order valence-corrected chi connectivity index (χ4v) is 2.76. The molecule has 2 heterocycles. The average Bonchev–Trinajstić information content (AvgIpc) is 2.89. The SMILES string of the molecule is Nc1ccc2c(SCc3ccco3)ccnc2c1. The number of nitrogens with zero attached hydrogens (tertiary/aromatic N) is 1. The number of hydrogen-bond acceptors (Lipinski definition) is 4. The van der Waals surface area contributed by atoms with Gasteiger partial charge >= 0.3 is 0 Å². The molecule has 3 rings (SSSR count). The van der Waals surface area contributed by atoms with Crippen LogP contribution in [0.5, 0.6) is 0 Å². The van der Waals surface area contributed by atoms with Crippen LogP contribution in [0.25, 0.3) is 10.9 Å². The molecule has 0 atom stereocenters. The van der Waals surface area contributed by atoms with Gasteiger partial charge < -0.3 is 10.2 Å². The van der Waals surface area contributed by atoms with E-state index < -0.39 is 0 Å². The quantitative estimate of drug-likeness (QED) is 0.573. The van der Waals surface area contributed by atoms with Crippen molar-refractivity contribution in [3.63, 3.8) is 0 Å². The maximum absolute atomic E-state index is 5.76. The molecule has 2 aromatic heterocycles. The van der Waals surface area contributed by atoms with Crippen molar-refractivity contribution in [2.24, 2.45) is 0 Å². The Morgan fingerprint density at radius 2 is 2.17 bits per heavy atom. The van der Waals surface area contributed by atoms with E-state index in [2.05, 4.69) is 4.98 Å². The summed E-state index contributed by atoms with van der Waals surface area (Å²) in [6.45, 7) is 0. The highest BCUT2D eigenvalue weighted by Gasteiger charge is 2.04.